The van der Waals surface area contributed by atoms with E-state index in [-0.39, 0.29) is 11.4 Å². The molecule has 1 aromatic rings. The van der Waals surface area contributed by atoms with Gasteiger partial charge in [-0.1, -0.05) is 22.0 Å². The zero-order valence-corrected chi connectivity index (χ0v) is 10.3. The fourth-order valence-electron chi connectivity index (χ4n) is 1.23. The highest BCUT2D eigenvalue weighted by molar-refractivity contribution is 9.10. The van der Waals surface area contributed by atoms with Gasteiger partial charge in [-0.3, -0.25) is 0 Å². The normalized spacial score (nSPS) is 11.8. The Morgan fingerprint density at radius 2 is 2.07 bits per heavy atom. The molecule has 0 aliphatic rings. The van der Waals surface area contributed by atoms with E-state index in [1.54, 1.807) is 0 Å². The summed E-state index contributed by atoms with van der Waals surface area (Å²) in [4.78, 5) is 0. The molecule has 0 heterocycles. The van der Waals surface area contributed by atoms with Crippen molar-refractivity contribution in [2.75, 3.05) is 7.05 Å². The molecule has 0 atom stereocenters. The van der Waals surface area contributed by atoms with Crippen molar-refractivity contribution >= 4 is 15.9 Å². The van der Waals surface area contributed by atoms with Crippen molar-refractivity contribution in [1.82, 2.24) is 5.32 Å². The van der Waals surface area contributed by atoms with Crippen molar-refractivity contribution in [3.8, 4) is 0 Å². The van der Waals surface area contributed by atoms with Gasteiger partial charge < -0.3 is 5.32 Å². The van der Waals surface area contributed by atoms with Gasteiger partial charge in [0.2, 0.25) is 0 Å². The van der Waals surface area contributed by atoms with E-state index in [4.69, 9.17) is 0 Å². The summed E-state index contributed by atoms with van der Waals surface area (Å²) in [6.07, 6.45) is 0.865. The first kappa shape index (κ1) is 11.7. The van der Waals surface area contributed by atoms with Crippen LogP contribution in [0.4, 0.5) is 4.39 Å². The highest BCUT2D eigenvalue weighted by atomic mass is 79.9. The molecule has 0 fully saturated rings. The number of benzene rings is 1. The summed E-state index contributed by atoms with van der Waals surface area (Å²) in [7, 11) is 1.93. The molecule has 78 valence electrons. The summed E-state index contributed by atoms with van der Waals surface area (Å²) in [6.45, 7) is 4.23. The topological polar surface area (TPSA) is 12.0 Å². The Labute approximate surface area is 92.8 Å². The van der Waals surface area contributed by atoms with Gasteiger partial charge in [0.25, 0.3) is 0 Å². The van der Waals surface area contributed by atoms with E-state index in [9.17, 15) is 4.39 Å². The Bertz CT molecular complexity index is 323. The van der Waals surface area contributed by atoms with Gasteiger partial charge in [-0.25, -0.2) is 4.39 Å². The van der Waals surface area contributed by atoms with Crippen LogP contribution in [0, 0.1) is 5.82 Å². The van der Waals surface area contributed by atoms with E-state index < -0.39 is 0 Å². The fourth-order valence-corrected chi connectivity index (χ4v) is 1.72. The summed E-state index contributed by atoms with van der Waals surface area (Å²) < 4.78 is 13.7. The predicted molar refractivity (Wildman–Crippen MR) is 60.9 cm³/mol. The van der Waals surface area contributed by atoms with Crippen LogP contribution in [0.15, 0.2) is 22.7 Å². The van der Waals surface area contributed by atoms with Crippen LogP contribution >= 0.6 is 15.9 Å². The van der Waals surface area contributed by atoms with E-state index >= 15 is 0 Å². The zero-order valence-electron chi connectivity index (χ0n) is 8.70. The summed E-state index contributed by atoms with van der Waals surface area (Å²) in [5.41, 5.74) is 1.14. The lowest BCUT2D eigenvalue weighted by atomic mass is 9.95. The van der Waals surface area contributed by atoms with Crippen molar-refractivity contribution in [3.05, 3.63) is 34.1 Å². The van der Waals surface area contributed by atoms with E-state index in [1.165, 1.54) is 12.1 Å². The number of likely N-dealkylation sites (N-methyl/N-ethyl adjacent to an activating group) is 1. The smallest absolute Gasteiger partial charge is 0.124 e. The molecule has 0 saturated carbocycles. The van der Waals surface area contributed by atoms with E-state index in [1.807, 2.05) is 13.1 Å². The summed E-state index contributed by atoms with van der Waals surface area (Å²) in [6, 6.07) is 4.81. The number of halogens is 2. The van der Waals surface area contributed by atoms with Gasteiger partial charge in [0.15, 0.2) is 0 Å². The molecule has 0 unspecified atom stereocenters. The summed E-state index contributed by atoms with van der Waals surface area (Å²) in [5, 5.41) is 3.22. The van der Waals surface area contributed by atoms with Crippen molar-refractivity contribution in [3.63, 3.8) is 0 Å². The van der Waals surface area contributed by atoms with Crippen LogP contribution < -0.4 is 5.32 Å². The molecule has 3 heteroatoms. The maximum Gasteiger partial charge on any atom is 0.124 e. The molecule has 1 aromatic carbocycles. The van der Waals surface area contributed by atoms with Crippen LogP contribution in [-0.2, 0) is 6.42 Å². The molecule has 0 radical (unpaired) electrons. The zero-order chi connectivity index (χ0) is 10.8. The van der Waals surface area contributed by atoms with Gasteiger partial charge in [-0.15, -0.1) is 0 Å². The van der Waals surface area contributed by atoms with Crippen LogP contribution in [0.3, 0.4) is 0 Å². The minimum atomic E-state index is -0.206. The van der Waals surface area contributed by atoms with Gasteiger partial charge in [-0.05, 0) is 45.0 Å². The second-order valence-corrected chi connectivity index (χ2v) is 4.90. The van der Waals surface area contributed by atoms with E-state index in [0.717, 1.165) is 16.5 Å². The fraction of sp³-hybridized carbons (Fsp3) is 0.455. The van der Waals surface area contributed by atoms with Gasteiger partial charge in [0.1, 0.15) is 5.82 Å². The third-order valence-electron chi connectivity index (χ3n) is 2.32. The monoisotopic (exact) mass is 259 g/mol. The molecule has 0 amide bonds. The second-order valence-electron chi connectivity index (χ2n) is 4.05. The van der Waals surface area contributed by atoms with Crippen molar-refractivity contribution in [2.24, 2.45) is 0 Å². The molecule has 0 aliphatic heterocycles. The standard InChI is InChI=1S/C11H15BrFN/c1-11(2,14-3)7-8-4-5-9(13)6-10(8)12/h4-6,14H,7H2,1-3H3. The highest BCUT2D eigenvalue weighted by Crippen LogP contribution is 2.22. The third kappa shape index (κ3) is 3.07. The minimum Gasteiger partial charge on any atom is -0.314 e. The van der Waals surface area contributed by atoms with Crippen LogP contribution in [0.5, 0.6) is 0 Å². The maximum absolute atomic E-state index is 12.8. The average Bonchev–Trinajstić information content (AvgIpc) is 2.10. The largest absolute Gasteiger partial charge is 0.314 e. The Morgan fingerprint density at radius 1 is 1.43 bits per heavy atom. The number of rotatable bonds is 3. The lowest BCUT2D eigenvalue weighted by Gasteiger charge is -2.24. The molecule has 1 rings (SSSR count). The molecule has 14 heavy (non-hydrogen) atoms. The quantitative estimate of drug-likeness (QED) is 0.880. The van der Waals surface area contributed by atoms with Gasteiger partial charge in [-0.2, -0.15) is 0 Å². The van der Waals surface area contributed by atoms with Crippen LogP contribution in [0.2, 0.25) is 0 Å². The Kier molecular flexibility index (Phi) is 3.67. The van der Waals surface area contributed by atoms with Crippen LogP contribution in [0.1, 0.15) is 19.4 Å². The maximum atomic E-state index is 12.8. The molecule has 0 aromatic heterocycles. The summed E-state index contributed by atoms with van der Waals surface area (Å²) >= 11 is 3.36. The number of nitrogens with one attached hydrogen (secondary N) is 1. The number of hydrogen-bond donors (Lipinski definition) is 1. The SMILES string of the molecule is CNC(C)(C)Cc1ccc(F)cc1Br. The molecule has 1 N–H and O–H groups in total. The molecule has 0 aliphatic carbocycles. The highest BCUT2D eigenvalue weighted by Gasteiger charge is 2.16. The van der Waals surface area contributed by atoms with Gasteiger partial charge in [0.05, 0.1) is 0 Å². The molecular weight excluding hydrogens is 245 g/mol. The Morgan fingerprint density at radius 3 is 2.57 bits per heavy atom. The number of hydrogen-bond acceptors (Lipinski definition) is 1. The average molecular weight is 260 g/mol. The second kappa shape index (κ2) is 4.41. The van der Waals surface area contributed by atoms with Gasteiger partial charge >= 0.3 is 0 Å². The predicted octanol–water partition coefficient (Wildman–Crippen LogP) is 3.13. The summed E-state index contributed by atoms with van der Waals surface area (Å²) in [5.74, 6) is -0.206. The Hall–Kier alpha value is -0.410. The molecule has 0 saturated heterocycles. The van der Waals surface area contributed by atoms with Crippen molar-refractivity contribution < 1.29 is 4.39 Å². The van der Waals surface area contributed by atoms with Crippen LogP contribution in [0.25, 0.3) is 0 Å². The molecule has 1 nitrogen and oxygen atoms in total. The van der Waals surface area contributed by atoms with E-state index in [2.05, 4.69) is 35.1 Å². The van der Waals surface area contributed by atoms with Crippen molar-refractivity contribution in [2.45, 2.75) is 25.8 Å². The van der Waals surface area contributed by atoms with Crippen LogP contribution in [-0.4, -0.2) is 12.6 Å². The first-order chi connectivity index (χ1) is 6.44. The first-order valence-corrected chi connectivity index (χ1v) is 5.37. The first-order valence-electron chi connectivity index (χ1n) is 4.57. The lowest BCUT2D eigenvalue weighted by molar-refractivity contribution is 0.421. The molecular formula is C11H15BrFN. The lowest BCUT2D eigenvalue weighted by Crippen LogP contribution is -2.38. The van der Waals surface area contributed by atoms with Crippen molar-refractivity contribution in [1.29, 1.82) is 0 Å². The molecule has 0 spiro atoms. The molecule has 0 bridgehead atoms. The van der Waals surface area contributed by atoms with Gasteiger partial charge in [0, 0.05) is 10.0 Å². The Balaban J connectivity index is 2.87. The minimum absolute atomic E-state index is 0.0281. The third-order valence-corrected chi connectivity index (χ3v) is 3.06. The van der Waals surface area contributed by atoms with E-state index in [0.29, 0.717) is 0 Å².